The van der Waals surface area contributed by atoms with Gasteiger partial charge in [-0.05, 0) is 30.3 Å². The van der Waals surface area contributed by atoms with Crippen molar-refractivity contribution in [3.63, 3.8) is 0 Å². The number of ether oxygens (including phenoxy) is 9. The molecule has 0 spiro atoms. The molecular formula is C36H47N5O15. The SMILES string of the molecule is COC(=O)c1ccc(Oc2cccc(C(=O)NCCOCCOCCOCCOCCOCCOCCOCCNc3ccc([N+](=O)[O-])cc3[N+](=O)[O-])c2)nc1. The highest BCUT2D eigenvalue weighted by atomic mass is 16.6. The minimum absolute atomic E-state index is 0.174. The third-order valence-corrected chi connectivity index (χ3v) is 7.19. The van der Waals surface area contributed by atoms with Crippen LogP contribution in [-0.4, -0.2) is 139 Å². The maximum absolute atomic E-state index is 12.5. The van der Waals surface area contributed by atoms with Crippen LogP contribution < -0.4 is 15.4 Å². The number of nitro groups is 2. The first-order valence-electron chi connectivity index (χ1n) is 17.6. The number of pyridine rings is 1. The van der Waals surface area contributed by atoms with Gasteiger partial charge < -0.3 is 53.3 Å². The molecule has 0 aliphatic carbocycles. The van der Waals surface area contributed by atoms with Crippen molar-refractivity contribution in [1.29, 1.82) is 0 Å². The lowest BCUT2D eigenvalue weighted by atomic mass is 10.2. The molecule has 0 atom stereocenters. The summed E-state index contributed by atoms with van der Waals surface area (Å²) < 4.78 is 48.5. The molecule has 2 aromatic carbocycles. The van der Waals surface area contributed by atoms with E-state index >= 15 is 0 Å². The number of anilines is 1. The van der Waals surface area contributed by atoms with E-state index in [2.05, 4.69) is 20.4 Å². The number of amides is 1. The second-order valence-electron chi connectivity index (χ2n) is 11.2. The Morgan fingerprint density at radius 3 is 1.70 bits per heavy atom. The first-order chi connectivity index (χ1) is 27.3. The van der Waals surface area contributed by atoms with Crippen LogP contribution in [0.3, 0.4) is 0 Å². The number of hydrogen-bond donors (Lipinski definition) is 2. The van der Waals surface area contributed by atoms with E-state index in [9.17, 15) is 29.8 Å². The number of nitrogens with zero attached hydrogens (tertiary/aromatic N) is 3. The Morgan fingerprint density at radius 1 is 0.643 bits per heavy atom. The summed E-state index contributed by atoms with van der Waals surface area (Å²) in [5.74, 6) is -0.0999. The summed E-state index contributed by atoms with van der Waals surface area (Å²) in [4.78, 5) is 48.8. The van der Waals surface area contributed by atoms with Crippen molar-refractivity contribution < 1.29 is 62.1 Å². The number of esters is 1. The summed E-state index contributed by atoms with van der Waals surface area (Å²) in [5.41, 5.74) is 0.148. The van der Waals surface area contributed by atoms with Crippen molar-refractivity contribution >= 4 is 28.9 Å². The minimum atomic E-state index is -0.688. The standard InChI is InChI=1S/C36H47N5O15/c1-48-36(43)29-5-8-34(39-27-29)56-31-4-2-3-28(25-31)35(42)38-10-12-50-14-16-52-18-20-54-22-24-55-23-21-53-19-17-51-15-13-49-11-9-37-32-7-6-30(40(44)45)26-33(32)41(46)47/h2-8,25-27,37H,9-24H2,1H3,(H,38,42). The average molecular weight is 790 g/mol. The Kier molecular flexibility index (Phi) is 21.9. The van der Waals surface area contributed by atoms with E-state index in [-0.39, 0.29) is 42.0 Å². The highest BCUT2D eigenvalue weighted by molar-refractivity contribution is 5.94. The zero-order chi connectivity index (χ0) is 40.2. The number of methoxy groups -OCH3 is 1. The van der Waals surface area contributed by atoms with E-state index in [0.29, 0.717) is 109 Å². The van der Waals surface area contributed by atoms with Gasteiger partial charge in [0.25, 0.3) is 17.3 Å². The number of carbonyl (C=O) groups is 2. The molecule has 20 heteroatoms. The van der Waals surface area contributed by atoms with Crippen LogP contribution in [0.4, 0.5) is 17.1 Å². The molecule has 0 fully saturated rings. The number of benzene rings is 2. The number of aromatic nitrogens is 1. The lowest BCUT2D eigenvalue weighted by Crippen LogP contribution is -2.27. The van der Waals surface area contributed by atoms with E-state index in [4.69, 9.17) is 37.9 Å². The molecule has 56 heavy (non-hydrogen) atoms. The van der Waals surface area contributed by atoms with Crippen LogP contribution in [0.5, 0.6) is 11.6 Å². The largest absolute Gasteiger partial charge is 0.465 e. The summed E-state index contributed by atoms with van der Waals surface area (Å²) in [6, 6.07) is 13.1. The Hall–Kier alpha value is -5.35. The van der Waals surface area contributed by atoms with Crippen molar-refractivity contribution in [2.45, 2.75) is 0 Å². The van der Waals surface area contributed by atoms with Crippen molar-refractivity contribution in [2.75, 3.05) is 118 Å². The number of nitrogens with one attached hydrogen (secondary N) is 2. The molecule has 2 N–H and O–H groups in total. The predicted molar refractivity (Wildman–Crippen MR) is 198 cm³/mol. The molecule has 0 radical (unpaired) electrons. The molecule has 0 aliphatic heterocycles. The molecule has 0 saturated heterocycles. The topological polar surface area (TPSA) is 240 Å². The van der Waals surface area contributed by atoms with Crippen LogP contribution in [0.15, 0.2) is 60.8 Å². The molecule has 1 heterocycles. The Labute approximate surface area is 322 Å². The third-order valence-electron chi connectivity index (χ3n) is 7.19. The van der Waals surface area contributed by atoms with E-state index < -0.39 is 15.8 Å². The fraction of sp³-hybridized carbons (Fsp3) is 0.472. The summed E-state index contributed by atoms with van der Waals surface area (Å²) in [6.07, 6.45) is 1.35. The molecule has 1 aromatic heterocycles. The fourth-order valence-corrected chi connectivity index (χ4v) is 4.45. The van der Waals surface area contributed by atoms with Crippen molar-refractivity contribution in [3.8, 4) is 11.6 Å². The van der Waals surface area contributed by atoms with Crippen LogP contribution in [-0.2, 0) is 37.9 Å². The van der Waals surface area contributed by atoms with E-state index in [1.54, 1.807) is 24.3 Å². The van der Waals surface area contributed by atoms with Gasteiger partial charge in [0.2, 0.25) is 5.88 Å². The van der Waals surface area contributed by atoms with E-state index in [1.807, 2.05) is 0 Å². The second kappa shape index (κ2) is 27.3. The predicted octanol–water partition coefficient (Wildman–Crippen LogP) is 3.44. The van der Waals surface area contributed by atoms with Gasteiger partial charge in [-0.1, -0.05) is 6.07 Å². The summed E-state index contributed by atoms with van der Waals surface area (Å²) in [6.45, 7) is 5.82. The zero-order valence-corrected chi connectivity index (χ0v) is 31.1. The maximum atomic E-state index is 12.5. The first kappa shape index (κ1) is 45.0. The Bertz CT molecular complexity index is 1630. The average Bonchev–Trinajstić information content (AvgIpc) is 3.20. The summed E-state index contributed by atoms with van der Waals surface area (Å²) in [5, 5.41) is 27.6. The zero-order valence-electron chi connectivity index (χ0n) is 31.1. The highest BCUT2D eigenvalue weighted by Gasteiger charge is 2.19. The van der Waals surface area contributed by atoms with Gasteiger partial charge in [-0.2, -0.15) is 0 Å². The van der Waals surface area contributed by atoms with Gasteiger partial charge in [0.1, 0.15) is 11.4 Å². The Morgan fingerprint density at radius 2 is 1.20 bits per heavy atom. The van der Waals surface area contributed by atoms with E-state index in [1.165, 1.54) is 37.6 Å². The van der Waals surface area contributed by atoms with Crippen molar-refractivity contribution in [1.82, 2.24) is 10.3 Å². The van der Waals surface area contributed by atoms with Gasteiger partial charge in [-0.25, -0.2) is 9.78 Å². The maximum Gasteiger partial charge on any atom is 0.339 e. The number of rotatable bonds is 31. The summed E-state index contributed by atoms with van der Waals surface area (Å²) in [7, 11) is 1.29. The van der Waals surface area contributed by atoms with Crippen LogP contribution in [0, 0.1) is 20.2 Å². The lowest BCUT2D eigenvalue weighted by Gasteiger charge is -2.09. The van der Waals surface area contributed by atoms with Crippen LogP contribution in [0.1, 0.15) is 20.7 Å². The highest BCUT2D eigenvalue weighted by Crippen LogP contribution is 2.28. The molecule has 306 valence electrons. The van der Waals surface area contributed by atoms with Gasteiger partial charge in [-0.15, -0.1) is 0 Å². The van der Waals surface area contributed by atoms with Gasteiger partial charge >= 0.3 is 5.97 Å². The number of carbonyl (C=O) groups excluding carboxylic acids is 2. The first-order valence-corrected chi connectivity index (χ1v) is 17.6. The monoisotopic (exact) mass is 789 g/mol. The Balaban J connectivity index is 1.04. The number of nitro benzene ring substituents is 2. The van der Waals surface area contributed by atoms with Crippen molar-refractivity contribution in [3.05, 3.63) is 92.1 Å². The lowest BCUT2D eigenvalue weighted by molar-refractivity contribution is -0.393. The fourth-order valence-electron chi connectivity index (χ4n) is 4.45. The number of hydrogen-bond acceptors (Lipinski definition) is 17. The molecular weight excluding hydrogens is 742 g/mol. The van der Waals surface area contributed by atoms with Gasteiger partial charge in [-0.3, -0.25) is 25.0 Å². The molecule has 0 bridgehead atoms. The molecule has 0 unspecified atom stereocenters. The molecule has 3 rings (SSSR count). The third kappa shape index (κ3) is 18.3. The number of non-ortho nitro benzene ring substituents is 1. The van der Waals surface area contributed by atoms with Crippen molar-refractivity contribution in [2.24, 2.45) is 0 Å². The molecule has 20 nitrogen and oxygen atoms in total. The quantitative estimate of drug-likeness (QED) is 0.0411. The molecule has 0 aliphatic rings. The minimum Gasteiger partial charge on any atom is -0.465 e. The van der Waals surface area contributed by atoms with Gasteiger partial charge in [0, 0.05) is 37.0 Å². The molecule has 0 saturated carbocycles. The smallest absolute Gasteiger partial charge is 0.339 e. The van der Waals surface area contributed by atoms with E-state index in [0.717, 1.165) is 6.07 Å². The van der Waals surface area contributed by atoms with Gasteiger partial charge in [0.05, 0.1) is 121 Å². The summed E-state index contributed by atoms with van der Waals surface area (Å²) >= 11 is 0. The van der Waals surface area contributed by atoms with Crippen LogP contribution in [0.25, 0.3) is 0 Å². The molecule has 1 amide bonds. The van der Waals surface area contributed by atoms with Crippen LogP contribution >= 0.6 is 0 Å². The second-order valence-corrected chi connectivity index (χ2v) is 11.2. The van der Waals surface area contributed by atoms with Crippen LogP contribution in [0.2, 0.25) is 0 Å². The van der Waals surface area contributed by atoms with Gasteiger partial charge in [0.15, 0.2) is 0 Å². The molecule has 3 aromatic rings. The normalized spacial score (nSPS) is 10.9.